The number of halogens is 2. The minimum Gasteiger partial charge on any atom is -0.444 e. The first kappa shape index (κ1) is 18.3. The number of hydrogen-bond donors (Lipinski definition) is 1. The molecule has 1 aromatic rings. The topological polar surface area (TPSA) is 41.6 Å². The van der Waals surface area contributed by atoms with Gasteiger partial charge >= 0.3 is 6.09 Å². The Morgan fingerprint density at radius 3 is 2.67 bits per heavy atom. The molecule has 0 saturated carbocycles. The summed E-state index contributed by atoms with van der Waals surface area (Å²) in [6, 6.07) is 5.81. The van der Waals surface area contributed by atoms with Crippen LogP contribution in [0.3, 0.4) is 0 Å². The second-order valence-electron chi connectivity index (χ2n) is 5.83. The molecule has 1 aromatic carbocycles. The van der Waals surface area contributed by atoms with Crippen molar-refractivity contribution < 1.29 is 9.53 Å². The van der Waals surface area contributed by atoms with E-state index in [1.807, 2.05) is 39.0 Å². The van der Waals surface area contributed by atoms with Gasteiger partial charge in [-0.1, -0.05) is 17.7 Å². The standard InChI is InChI=1S/C15H22BrClN2O2/c1-15(2,3)21-14(20)19(4)8-7-18-10-11-5-6-13(17)12(16)9-11/h5-6,9,18H,7-8,10H2,1-4H3. The predicted molar refractivity (Wildman–Crippen MR) is 89.7 cm³/mol. The molecule has 0 aromatic heterocycles. The van der Waals surface area contributed by atoms with Crippen molar-refractivity contribution in [2.45, 2.75) is 32.9 Å². The Morgan fingerprint density at radius 2 is 2.10 bits per heavy atom. The van der Waals surface area contributed by atoms with Gasteiger partial charge < -0.3 is 15.0 Å². The van der Waals surface area contributed by atoms with Gasteiger partial charge in [0.05, 0.1) is 5.02 Å². The zero-order chi connectivity index (χ0) is 16.0. The fraction of sp³-hybridized carbons (Fsp3) is 0.533. The predicted octanol–water partition coefficient (Wildman–Crippen LogP) is 4.06. The molecule has 118 valence electrons. The Balaban J connectivity index is 2.30. The summed E-state index contributed by atoms with van der Waals surface area (Å²) in [5.74, 6) is 0. The van der Waals surface area contributed by atoms with E-state index < -0.39 is 5.60 Å². The van der Waals surface area contributed by atoms with E-state index in [1.165, 1.54) is 0 Å². The van der Waals surface area contributed by atoms with Crippen molar-refractivity contribution >= 4 is 33.6 Å². The summed E-state index contributed by atoms with van der Waals surface area (Å²) in [7, 11) is 1.73. The average Bonchev–Trinajstić information content (AvgIpc) is 2.36. The van der Waals surface area contributed by atoms with Gasteiger partial charge in [-0.15, -0.1) is 0 Å². The van der Waals surface area contributed by atoms with Crippen LogP contribution in [0.4, 0.5) is 4.79 Å². The lowest BCUT2D eigenvalue weighted by Crippen LogP contribution is -2.37. The Morgan fingerprint density at radius 1 is 1.43 bits per heavy atom. The van der Waals surface area contributed by atoms with Gasteiger partial charge in [-0.2, -0.15) is 0 Å². The Bertz CT molecular complexity index is 489. The van der Waals surface area contributed by atoms with Crippen LogP contribution in [0.5, 0.6) is 0 Å². The van der Waals surface area contributed by atoms with E-state index in [4.69, 9.17) is 16.3 Å². The number of hydrogen-bond acceptors (Lipinski definition) is 3. The van der Waals surface area contributed by atoms with Gasteiger partial charge in [0, 0.05) is 31.2 Å². The molecule has 0 aliphatic rings. The van der Waals surface area contributed by atoms with E-state index in [-0.39, 0.29) is 6.09 Å². The molecule has 0 fully saturated rings. The van der Waals surface area contributed by atoms with Crippen LogP contribution in [-0.2, 0) is 11.3 Å². The largest absolute Gasteiger partial charge is 0.444 e. The summed E-state index contributed by atoms with van der Waals surface area (Å²) < 4.78 is 6.17. The molecule has 21 heavy (non-hydrogen) atoms. The zero-order valence-electron chi connectivity index (χ0n) is 12.9. The monoisotopic (exact) mass is 376 g/mol. The maximum atomic E-state index is 11.8. The smallest absolute Gasteiger partial charge is 0.410 e. The van der Waals surface area contributed by atoms with Crippen molar-refractivity contribution in [2.24, 2.45) is 0 Å². The maximum Gasteiger partial charge on any atom is 0.410 e. The summed E-state index contributed by atoms with van der Waals surface area (Å²) in [6.07, 6.45) is -0.307. The van der Waals surface area contributed by atoms with Crippen LogP contribution >= 0.6 is 27.5 Å². The van der Waals surface area contributed by atoms with Crippen LogP contribution in [0.25, 0.3) is 0 Å². The van der Waals surface area contributed by atoms with E-state index in [9.17, 15) is 4.79 Å². The van der Waals surface area contributed by atoms with Crippen LogP contribution in [-0.4, -0.2) is 36.7 Å². The van der Waals surface area contributed by atoms with Crippen molar-refractivity contribution in [3.63, 3.8) is 0 Å². The summed E-state index contributed by atoms with van der Waals surface area (Å²) in [4.78, 5) is 13.3. The lowest BCUT2D eigenvalue weighted by molar-refractivity contribution is 0.0300. The van der Waals surface area contributed by atoms with Crippen molar-refractivity contribution in [1.29, 1.82) is 0 Å². The van der Waals surface area contributed by atoms with Crippen LogP contribution in [0, 0.1) is 0 Å². The zero-order valence-corrected chi connectivity index (χ0v) is 15.2. The fourth-order valence-electron chi connectivity index (χ4n) is 1.56. The molecule has 0 bridgehead atoms. The van der Waals surface area contributed by atoms with Crippen molar-refractivity contribution in [3.05, 3.63) is 33.3 Å². The van der Waals surface area contributed by atoms with Crippen molar-refractivity contribution in [1.82, 2.24) is 10.2 Å². The van der Waals surface area contributed by atoms with Crippen LogP contribution in [0.2, 0.25) is 5.02 Å². The average molecular weight is 378 g/mol. The van der Waals surface area contributed by atoms with Gasteiger partial charge in [0.15, 0.2) is 0 Å². The third kappa shape index (κ3) is 7.16. The molecule has 0 saturated heterocycles. The summed E-state index contributed by atoms with van der Waals surface area (Å²) in [6.45, 7) is 7.57. The Kier molecular flexibility index (Phi) is 6.97. The first-order valence-electron chi connectivity index (χ1n) is 6.78. The van der Waals surface area contributed by atoms with E-state index in [0.29, 0.717) is 18.1 Å². The van der Waals surface area contributed by atoms with Crippen LogP contribution in [0.1, 0.15) is 26.3 Å². The molecule has 1 rings (SSSR count). The molecule has 0 aliphatic heterocycles. The highest BCUT2D eigenvalue weighted by molar-refractivity contribution is 9.10. The number of carbonyl (C=O) groups is 1. The molecule has 0 atom stereocenters. The normalized spacial score (nSPS) is 11.3. The molecule has 0 radical (unpaired) electrons. The SMILES string of the molecule is CN(CCNCc1ccc(Cl)c(Br)c1)C(=O)OC(C)(C)C. The third-order valence-electron chi connectivity index (χ3n) is 2.64. The molecule has 0 aliphatic carbocycles. The molecule has 0 heterocycles. The highest BCUT2D eigenvalue weighted by Crippen LogP contribution is 2.23. The molecule has 4 nitrogen and oxygen atoms in total. The number of nitrogens with one attached hydrogen (secondary N) is 1. The number of benzene rings is 1. The summed E-state index contributed by atoms with van der Waals surface area (Å²) in [5, 5.41) is 3.98. The molecular formula is C15H22BrClN2O2. The lowest BCUT2D eigenvalue weighted by atomic mass is 10.2. The number of amides is 1. The highest BCUT2D eigenvalue weighted by Gasteiger charge is 2.18. The molecule has 0 unspecified atom stereocenters. The number of rotatable bonds is 5. The minimum absolute atomic E-state index is 0.307. The fourth-order valence-corrected chi connectivity index (χ4v) is 2.10. The van der Waals surface area contributed by atoms with Crippen molar-refractivity contribution in [2.75, 3.05) is 20.1 Å². The van der Waals surface area contributed by atoms with Crippen LogP contribution < -0.4 is 5.32 Å². The molecule has 0 spiro atoms. The van der Waals surface area contributed by atoms with Gasteiger partial charge in [0.25, 0.3) is 0 Å². The molecule has 1 N–H and O–H groups in total. The summed E-state index contributed by atoms with van der Waals surface area (Å²) >= 11 is 9.34. The van der Waals surface area contributed by atoms with E-state index in [2.05, 4.69) is 21.2 Å². The van der Waals surface area contributed by atoms with Crippen LogP contribution in [0.15, 0.2) is 22.7 Å². The lowest BCUT2D eigenvalue weighted by Gasteiger charge is -2.24. The number of ether oxygens (including phenoxy) is 1. The third-order valence-corrected chi connectivity index (χ3v) is 3.86. The van der Waals surface area contributed by atoms with E-state index in [1.54, 1.807) is 11.9 Å². The number of nitrogens with zero attached hydrogens (tertiary/aromatic N) is 1. The van der Waals surface area contributed by atoms with E-state index >= 15 is 0 Å². The van der Waals surface area contributed by atoms with Gasteiger partial charge in [0.2, 0.25) is 0 Å². The quantitative estimate of drug-likeness (QED) is 0.787. The highest BCUT2D eigenvalue weighted by atomic mass is 79.9. The van der Waals surface area contributed by atoms with Gasteiger partial charge in [-0.25, -0.2) is 4.79 Å². The summed E-state index contributed by atoms with van der Waals surface area (Å²) in [5.41, 5.74) is 0.667. The first-order chi connectivity index (χ1) is 9.69. The number of likely N-dealkylation sites (N-methyl/N-ethyl adjacent to an activating group) is 1. The Labute approximate surface area is 139 Å². The molecule has 1 amide bonds. The van der Waals surface area contributed by atoms with Gasteiger partial charge in [-0.3, -0.25) is 0 Å². The molecule has 6 heteroatoms. The van der Waals surface area contributed by atoms with E-state index in [0.717, 1.165) is 16.6 Å². The van der Waals surface area contributed by atoms with Gasteiger partial charge in [0.1, 0.15) is 5.60 Å². The minimum atomic E-state index is -0.464. The second-order valence-corrected chi connectivity index (χ2v) is 7.09. The van der Waals surface area contributed by atoms with Gasteiger partial charge in [-0.05, 0) is 54.4 Å². The Hall–Kier alpha value is -0.780. The first-order valence-corrected chi connectivity index (χ1v) is 7.95. The molecular weight excluding hydrogens is 356 g/mol. The maximum absolute atomic E-state index is 11.8. The number of carbonyl (C=O) groups excluding carboxylic acids is 1. The van der Waals surface area contributed by atoms with Crippen molar-refractivity contribution in [3.8, 4) is 0 Å². The second kappa shape index (κ2) is 8.01.